The van der Waals surface area contributed by atoms with Crippen molar-refractivity contribution >= 4 is 5.91 Å². The van der Waals surface area contributed by atoms with Gasteiger partial charge in [-0.3, -0.25) is 4.79 Å². The van der Waals surface area contributed by atoms with E-state index >= 15 is 0 Å². The molecule has 2 N–H and O–H groups in total. The van der Waals surface area contributed by atoms with Crippen LogP contribution in [0.25, 0.3) is 0 Å². The molecule has 1 amide bonds. The van der Waals surface area contributed by atoms with E-state index < -0.39 is 0 Å². The molecule has 11 heavy (non-hydrogen) atoms. The predicted octanol–water partition coefficient (Wildman–Crippen LogP) is 0.263. The van der Waals surface area contributed by atoms with Crippen LogP contribution in [0.1, 0.15) is 26.7 Å². The summed E-state index contributed by atoms with van der Waals surface area (Å²) in [4.78, 5) is 10.7. The van der Waals surface area contributed by atoms with Crippen molar-refractivity contribution in [2.75, 3.05) is 6.54 Å². The molecule has 2 unspecified atom stereocenters. The lowest BCUT2D eigenvalue weighted by atomic mass is 10.1. The van der Waals surface area contributed by atoms with E-state index in [1.165, 1.54) is 12.8 Å². The Morgan fingerprint density at radius 1 is 1.73 bits per heavy atom. The summed E-state index contributed by atoms with van der Waals surface area (Å²) in [5, 5.41) is 6.23. The summed E-state index contributed by atoms with van der Waals surface area (Å²) in [6.07, 6.45) is 2.41. The maximum Gasteiger partial charge on any atom is 0.217 e. The van der Waals surface area contributed by atoms with Gasteiger partial charge in [-0.2, -0.15) is 0 Å². The average Bonchev–Trinajstić information content (AvgIpc) is 2.35. The van der Waals surface area contributed by atoms with Gasteiger partial charge in [-0.15, -0.1) is 0 Å². The number of hydrogen-bond donors (Lipinski definition) is 2. The first-order valence-electron chi connectivity index (χ1n) is 4.20. The Labute approximate surface area is 67.5 Å². The molecule has 1 heterocycles. The van der Waals surface area contributed by atoms with Crippen molar-refractivity contribution in [3.8, 4) is 0 Å². The molecule has 0 radical (unpaired) electrons. The van der Waals surface area contributed by atoms with E-state index in [1.54, 1.807) is 6.92 Å². The molecule has 1 fully saturated rings. The molecular formula is C8H16N2O. The molecule has 1 rings (SSSR count). The summed E-state index contributed by atoms with van der Waals surface area (Å²) < 4.78 is 0. The van der Waals surface area contributed by atoms with Crippen molar-refractivity contribution < 1.29 is 4.79 Å². The third kappa shape index (κ3) is 2.50. The van der Waals surface area contributed by atoms with Gasteiger partial charge in [-0.25, -0.2) is 0 Å². The summed E-state index contributed by atoms with van der Waals surface area (Å²) in [6, 6.07) is 0.758. The van der Waals surface area contributed by atoms with Crippen molar-refractivity contribution in [3.63, 3.8) is 0 Å². The van der Waals surface area contributed by atoms with Gasteiger partial charge in [0.25, 0.3) is 0 Å². The molecule has 3 heteroatoms. The second kappa shape index (κ2) is 3.72. The summed E-state index contributed by atoms with van der Waals surface area (Å²) in [6.45, 7) is 4.70. The predicted molar refractivity (Wildman–Crippen MR) is 44.3 cm³/mol. The van der Waals surface area contributed by atoms with E-state index in [-0.39, 0.29) is 11.9 Å². The van der Waals surface area contributed by atoms with Crippen molar-refractivity contribution in [1.82, 2.24) is 10.6 Å². The average molecular weight is 156 g/mol. The molecular weight excluding hydrogens is 140 g/mol. The van der Waals surface area contributed by atoms with Crippen LogP contribution in [0.3, 0.4) is 0 Å². The molecule has 0 bridgehead atoms. The quantitative estimate of drug-likeness (QED) is 0.602. The maximum absolute atomic E-state index is 10.7. The molecule has 3 nitrogen and oxygen atoms in total. The lowest BCUT2D eigenvalue weighted by Gasteiger charge is -2.19. The topological polar surface area (TPSA) is 41.1 Å². The molecule has 1 saturated heterocycles. The highest BCUT2D eigenvalue weighted by Crippen LogP contribution is 2.08. The van der Waals surface area contributed by atoms with Crippen LogP contribution in [0.5, 0.6) is 0 Å². The maximum atomic E-state index is 10.7. The molecule has 64 valence electrons. The van der Waals surface area contributed by atoms with Crippen molar-refractivity contribution in [2.45, 2.75) is 38.8 Å². The van der Waals surface area contributed by atoms with Crippen LogP contribution in [0.15, 0.2) is 0 Å². The Morgan fingerprint density at radius 2 is 2.45 bits per heavy atom. The smallest absolute Gasteiger partial charge is 0.217 e. The van der Waals surface area contributed by atoms with Crippen LogP contribution < -0.4 is 10.6 Å². The SMILES string of the molecule is CC(=O)NC(C)C1CCCN1. The lowest BCUT2D eigenvalue weighted by molar-refractivity contribution is -0.119. The van der Waals surface area contributed by atoms with Gasteiger partial charge in [0.15, 0.2) is 0 Å². The third-order valence-electron chi connectivity index (χ3n) is 2.13. The first-order valence-corrected chi connectivity index (χ1v) is 4.20. The molecule has 1 aliphatic heterocycles. The number of nitrogens with one attached hydrogen (secondary N) is 2. The van der Waals surface area contributed by atoms with Gasteiger partial charge in [-0.1, -0.05) is 0 Å². The van der Waals surface area contributed by atoms with Crippen molar-refractivity contribution in [3.05, 3.63) is 0 Å². The third-order valence-corrected chi connectivity index (χ3v) is 2.13. The van der Waals surface area contributed by atoms with E-state index in [0.29, 0.717) is 6.04 Å². The second-order valence-corrected chi connectivity index (χ2v) is 3.19. The minimum atomic E-state index is 0.0613. The Kier molecular flexibility index (Phi) is 2.88. The van der Waals surface area contributed by atoms with Crippen LogP contribution in [-0.2, 0) is 4.79 Å². The highest BCUT2D eigenvalue weighted by Gasteiger charge is 2.20. The number of amides is 1. The zero-order valence-electron chi connectivity index (χ0n) is 7.18. The molecule has 0 aromatic heterocycles. The fraction of sp³-hybridized carbons (Fsp3) is 0.875. The van der Waals surface area contributed by atoms with Gasteiger partial charge < -0.3 is 10.6 Å². The number of carbonyl (C=O) groups excluding carboxylic acids is 1. The van der Waals surface area contributed by atoms with E-state index in [0.717, 1.165) is 6.54 Å². The zero-order valence-corrected chi connectivity index (χ0v) is 7.18. The summed E-state index contributed by atoms with van der Waals surface area (Å²) in [5.74, 6) is 0.0613. The van der Waals surface area contributed by atoms with Gasteiger partial charge in [0.05, 0.1) is 0 Å². The van der Waals surface area contributed by atoms with E-state index in [4.69, 9.17) is 0 Å². The Morgan fingerprint density at radius 3 is 2.91 bits per heavy atom. The highest BCUT2D eigenvalue weighted by molar-refractivity contribution is 5.73. The molecule has 0 aliphatic carbocycles. The van der Waals surface area contributed by atoms with Crippen LogP contribution in [0.4, 0.5) is 0 Å². The van der Waals surface area contributed by atoms with Crippen LogP contribution in [0.2, 0.25) is 0 Å². The summed E-state index contributed by atoms with van der Waals surface area (Å²) in [7, 11) is 0. The largest absolute Gasteiger partial charge is 0.352 e. The first-order chi connectivity index (χ1) is 5.20. The Bertz CT molecular complexity index is 141. The second-order valence-electron chi connectivity index (χ2n) is 3.19. The van der Waals surface area contributed by atoms with Gasteiger partial charge in [0.1, 0.15) is 0 Å². The van der Waals surface area contributed by atoms with Crippen LogP contribution in [0, 0.1) is 0 Å². The minimum Gasteiger partial charge on any atom is -0.352 e. The van der Waals surface area contributed by atoms with Gasteiger partial charge in [-0.05, 0) is 26.3 Å². The number of carbonyl (C=O) groups is 1. The Hall–Kier alpha value is -0.570. The normalized spacial score (nSPS) is 26.5. The molecule has 1 aliphatic rings. The van der Waals surface area contributed by atoms with Crippen LogP contribution in [-0.4, -0.2) is 24.5 Å². The fourth-order valence-corrected chi connectivity index (χ4v) is 1.56. The molecule has 0 aromatic rings. The van der Waals surface area contributed by atoms with Crippen molar-refractivity contribution in [2.24, 2.45) is 0 Å². The number of hydrogen-bond acceptors (Lipinski definition) is 2. The van der Waals surface area contributed by atoms with Crippen molar-refractivity contribution in [1.29, 1.82) is 0 Å². The molecule has 0 saturated carbocycles. The molecule has 0 spiro atoms. The summed E-state index contributed by atoms with van der Waals surface area (Å²) >= 11 is 0. The van der Waals surface area contributed by atoms with E-state index in [2.05, 4.69) is 10.6 Å². The highest BCUT2D eigenvalue weighted by atomic mass is 16.1. The first kappa shape index (κ1) is 8.53. The lowest BCUT2D eigenvalue weighted by Crippen LogP contribution is -2.44. The van der Waals surface area contributed by atoms with Gasteiger partial charge in [0, 0.05) is 19.0 Å². The minimum absolute atomic E-state index is 0.0613. The standard InChI is InChI=1S/C8H16N2O/c1-6(10-7(2)11)8-4-3-5-9-8/h6,8-9H,3-5H2,1-2H3,(H,10,11). The molecule has 0 aromatic carbocycles. The van der Waals surface area contributed by atoms with E-state index in [1.807, 2.05) is 6.92 Å². The monoisotopic (exact) mass is 156 g/mol. The van der Waals surface area contributed by atoms with Gasteiger partial charge >= 0.3 is 0 Å². The van der Waals surface area contributed by atoms with Gasteiger partial charge in [0.2, 0.25) is 5.91 Å². The fourth-order valence-electron chi connectivity index (χ4n) is 1.56. The number of rotatable bonds is 2. The molecule has 2 atom stereocenters. The zero-order chi connectivity index (χ0) is 8.27. The van der Waals surface area contributed by atoms with Crippen LogP contribution >= 0.6 is 0 Å². The Balaban J connectivity index is 2.28. The van der Waals surface area contributed by atoms with E-state index in [9.17, 15) is 4.79 Å². The summed E-state index contributed by atoms with van der Waals surface area (Å²) in [5.41, 5.74) is 0.